The van der Waals surface area contributed by atoms with Crippen molar-refractivity contribution in [3.8, 4) is 11.3 Å². The highest BCUT2D eigenvalue weighted by Crippen LogP contribution is 2.34. The van der Waals surface area contributed by atoms with Gasteiger partial charge in [-0.1, -0.05) is 31.2 Å². The Morgan fingerprint density at radius 3 is 2.54 bits per heavy atom. The Hall–Kier alpha value is -4.22. The largest absolute Gasteiger partial charge is 0.418 e. The number of hydrogen-bond acceptors (Lipinski definition) is 8. The summed E-state index contributed by atoms with van der Waals surface area (Å²) in [5, 5.41) is 6.67. The zero-order valence-electron chi connectivity index (χ0n) is 21.6. The molecule has 9 nitrogen and oxygen atoms in total. The molecule has 2 aliphatic heterocycles. The maximum Gasteiger partial charge on any atom is 0.302 e. The number of nitrogens with one attached hydrogen (secondary N) is 2. The molecule has 0 bridgehead atoms. The number of aromatic nitrogens is 3. The van der Waals surface area contributed by atoms with Gasteiger partial charge in [0.25, 0.3) is 5.91 Å². The molecule has 2 atom stereocenters. The predicted molar refractivity (Wildman–Crippen MR) is 153 cm³/mol. The van der Waals surface area contributed by atoms with Gasteiger partial charge in [-0.3, -0.25) is 15.1 Å². The number of aliphatic imine (C=N–C) groups is 1. The lowest BCUT2D eigenvalue weighted by atomic mass is 9.95. The second-order valence-electron chi connectivity index (χ2n) is 9.85. The first kappa shape index (κ1) is 28.3. The Morgan fingerprint density at radius 1 is 1.07 bits per heavy atom. The summed E-state index contributed by atoms with van der Waals surface area (Å²) in [4.78, 5) is 32.4. The van der Waals surface area contributed by atoms with Gasteiger partial charge in [-0.05, 0) is 38.1 Å². The molecule has 2 unspecified atom stereocenters. The molecule has 41 heavy (non-hydrogen) atoms. The molecule has 0 aliphatic carbocycles. The Morgan fingerprint density at radius 2 is 1.80 bits per heavy atom. The van der Waals surface area contributed by atoms with Gasteiger partial charge in [-0.25, -0.2) is 23.7 Å². The van der Waals surface area contributed by atoms with Crippen molar-refractivity contribution < 1.29 is 18.0 Å². The smallest absolute Gasteiger partial charge is 0.302 e. The first-order chi connectivity index (χ1) is 19.3. The van der Waals surface area contributed by atoms with Crippen LogP contribution in [0.25, 0.3) is 11.3 Å². The zero-order valence-corrected chi connectivity index (χ0v) is 22.3. The highest BCUT2D eigenvalue weighted by Gasteiger charge is 2.28. The normalized spacial score (nSPS) is 18.0. The summed E-state index contributed by atoms with van der Waals surface area (Å²) in [6.07, 6.45) is 2.94. The van der Waals surface area contributed by atoms with Gasteiger partial charge in [-0.2, -0.15) is 0 Å². The van der Waals surface area contributed by atoms with Crippen molar-refractivity contribution >= 4 is 35.2 Å². The van der Waals surface area contributed by atoms with E-state index in [1.54, 1.807) is 29.3 Å². The van der Waals surface area contributed by atoms with Crippen molar-refractivity contribution in [1.29, 1.82) is 0 Å². The second-order valence-corrected chi connectivity index (χ2v) is 10.3. The third-order valence-electron chi connectivity index (χ3n) is 6.74. The molecule has 0 radical (unpaired) electrons. The monoisotopic (exact) mass is 579 g/mol. The summed E-state index contributed by atoms with van der Waals surface area (Å²) in [5.74, 6) is -1.46. The highest BCUT2D eigenvalue weighted by molar-refractivity contribution is 6.31. The quantitative estimate of drug-likeness (QED) is 0.323. The van der Waals surface area contributed by atoms with Crippen LogP contribution in [-0.2, 0) is 6.54 Å². The maximum absolute atomic E-state index is 14.8. The number of rotatable bonds is 4. The summed E-state index contributed by atoms with van der Waals surface area (Å²) >= 11 is 6.29. The van der Waals surface area contributed by atoms with E-state index in [1.807, 2.05) is 13.8 Å². The van der Waals surface area contributed by atoms with Crippen LogP contribution in [0.3, 0.4) is 0 Å². The molecule has 0 spiro atoms. The number of carbonyl (C=O) groups excluding carboxylic acids is 1. The van der Waals surface area contributed by atoms with E-state index in [0.29, 0.717) is 40.5 Å². The fourth-order valence-electron chi connectivity index (χ4n) is 5.10. The Labute approximate surface area is 240 Å². The van der Waals surface area contributed by atoms with Crippen LogP contribution in [0.4, 0.5) is 20.7 Å². The van der Waals surface area contributed by atoms with Crippen molar-refractivity contribution in [2.24, 2.45) is 4.99 Å². The van der Waals surface area contributed by atoms with Crippen LogP contribution < -0.4 is 10.6 Å². The third kappa shape index (κ3) is 5.55. The molecule has 1 amide bonds. The van der Waals surface area contributed by atoms with Crippen molar-refractivity contribution in [2.75, 3.05) is 18.4 Å². The molecule has 1 saturated heterocycles. The minimum Gasteiger partial charge on any atom is -0.418 e. The van der Waals surface area contributed by atoms with E-state index in [2.05, 4.69) is 30.6 Å². The second kappa shape index (κ2) is 11.3. The van der Waals surface area contributed by atoms with Crippen molar-refractivity contribution in [3.63, 3.8) is 0 Å². The van der Waals surface area contributed by atoms with Crippen molar-refractivity contribution in [3.05, 3.63) is 87.9 Å². The van der Waals surface area contributed by atoms with E-state index in [0.717, 1.165) is 0 Å². The summed E-state index contributed by atoms with van der Waals surface area (Å²) in [6.45, 7) is 5.25. The van der Waals surface area contributed by atoms with Crippen LogP contribution in [0, 0.1) is 11.6 Å². The highest BCUT2D eigenvalue weighted by atomic mass is 35.5. The Balaban J connectivity index is 0.00000337. The summed E-state index contributed by atoms with van der Waals surface area (Å²) in [7, 11) is 0. The van der Waals surface area contributed by atoms with Gasteiger partial charge in [0.1, 0.15) is 11.6 Å². The summed E-state index contributed by atoms with van der Waals surface area (Å²) < 4.78 is 35.2. The van der Waals surface area contributed by atoms with Crippen LogP contribution in [0.5, 0.6) is 0 Å². The van der Waals surface area contributed by atoms with E-state index in [4.69, 9.17) is 16.0 Å². The molecule has 2 N–H and O–H groups in total. The molecule has 0 saturated carbocycles. The number of halogens is 3. The minimum atomic E-state index is -0.733. The molecule has 2 aromatic heterocycles. The fraction of sp³-hybridized carbons (Fsp3) is 0.276. The lowest BCUT2D eigenvalue weighted by molar-refractivity contribution is 0.0643. The molecular formula is C29H28ClF2N7O2. The van der Waals surface area contributed by atoms with Gasteiger partial charge in [-0.15, -0.1) is 0 Å². The standard InChI is InChI=1S/C28H24ClF2N7O2.CH4/c1-14-12-38(13-15(2)35-14)26(39)22-11-34-28(40-22)37-27-33-10-16-9-32-25(23-20(30)4-3-5-21(23)31)19-8-17(29)6-7-18(19)24(16)36-27;/h3-8,10-11,14-15,35H,9,12-13H2,1-2H3,(H,33,34,36,37);1H4. The Kier molecular flexibility index (Phi) is 7.83. The van der Waals surface area contributed by atoms with Crippen LogP contribution >= 0.6 is 11.6 Å². The van der Waals surface area contributed by atoms with E-state index in [-0.39, 0.29) is 61.0 Å². The first-order valence-electron chi connectivity index (χ1n) is 12.7. The van der Waals surface area contributed by atoms with Crippen LogP contribution in [0.15, 0.2) is 58.2 Å². The third-order valence-corrected chi connectivity index (χ3v) is 6.98. The van der Waals surface area contributed by atoms with E-state index in [9.17, 15) is 13.6 Å². The van der Waals surface area contributed by atoms with E-state index >= 15 is 0 Å². The van der Waals surface area contributed by atoms with E-state index < -0.39 is 11.6 Å². The number of benzene rings is 2. The number of fused-ring (bicyclic) bond motifs is 3. The zero-order chi connectivity index (χ0) is 28.0. The summed E-state index contributed by atoms with van der Waals surface area (Å²) in [5.41, 5.74) is 2.05. The molecule has 12 heteroatoms. The molecule has 212 valence electrons. The number of anilines is 2. The number of amides is 1. The number of oxazole rings is 1. The number of hydrogen-bond donors (Lipinski definition) is 2. The summed E-state index contributed by atoms with van der Waals surface area (Å²) in [6, 6.07) is 9.05. The number of carbonyl (C=O) groups is 1. The SMILES string of the molecule is C.CC1CN(C(=O)c2cnc(Nc3ncc4c(n3)-c3ccc(Cl)cc3C(c3c(F)cccc3F)=NC4)o2)CC(C)N1. The molecule has 2 aromatic carbocycles. The molecule has 4 heterocycles. The lowest BCUT2D eigenvalue weighted by Gasteiger charge is -2.35. The van der Waals surface area contributed by atoms with Gasteiger partial charge in [0, 0.05) is 53.1 Å². The van der Waals surface area contributed by atoms with Crippen molar-refractivity contribution in [2.45, 2.75) is 39.9 Å². The van der Waals surface area contributed by atoms with Gasteiger partial charge in [0.2, 0.25) is 11.7 Å². The van der Waals surface area contributed by atoms with Crippen molar-refractivity contribution in [1.82, 2.24) is 25.2 Å². The number of piperazine rings is 1. The molecular weight excluding hydrogens is 552 g/mol. The van der Waals surface area contributed by atoms with Crippen LogP contribution in [-0.4, -0.2) is 56.6 Å². The average molecular weight is 580 g/mol. The molecule has 4 aromatic rings. The first-order valence-corrected chi connectivity index (χ1v) is 13.1. The molecule has 6 rings (SSSR count). The Bertz CT molecular complexity index is 1630. The number of nitrogens with zero attached hydrogens (tertiary/aromatic N) is 5. The maximum atomic E-state index is 14.8. The average Bonchev–Trinajstić information content (AvgIpc) is 3.32. The predicted octanol–water partition coefficient (Wildman–Crippen LogP) is 5.62. The van der Waals surface area contributed by atoms with Gasteiger partial charge < -0.3 is 14.6 Å². The lowest BCUT2D eigenvalue weighted by Crippen LogP contribution is -2.55. The molecule has 2 aliphatic rings. The van der Waals surface area contributed by atoms with Gasteiger partial charge in [0.05, 0.1) is 29.7 Å². The minimum absolute atomic E-state index is 0. The fourth-order valence-corrected chi connectivity index (χ4v) is 5.27. The van der Waals surface area contributed by atoms with Gasteiger partial charge in [0.15, 0.2) is 0 Å². The topological polar surface area (TPSA) is 109 Å². The van der Waals surface area contributed by atoms with Crippen LogP contribution in [0.1, 0.15) is 48.5 Å². The molecule has 1 fully saturated rings. The van der Waals surface area contributed by atoms with Crippen LogP contribution in [0.2, 0.25) is 5.02 Å². The van der Waals surface area contributed by atoms with Gasteiger partial charge >= 0.3 is 6.01 Å². The van der Waals surface area contributed by atoms with E-state index in [1.165, 1.54) is 24.4 Å².